The summed E-state index contributed by atoms with van der Waals surface area (Å²) >= 11 is 1.27. The van der Waals surface area contributed by atoms with Crippen LogP contribution in [0.5, 0.6) is 0 Å². The van der Waals surface area contributed by atoms with Crippen LogP contribution in [0.3, 0.4) is 0 Å². The van der Waals surface area contributed by atoms with E-state index in [0.29, 0.717) is 28.6 Å². The maximum atomic E-state index is 12.6. The maximum Gasteiger partial charge on any atom is 0.270 e. The molecule has 0 fully saturated rings. The summed E-state index contributed by atoms with van der Waals surface area (Å²) < 4.78 is 7.74. The number of amides is 1. The van der Waals surface area contributed by atoms with Crippen molar-refractivity contribution in [2.75, 3.05) is 13.7 Å². The molecule has 1 aromatic heterocycles. The highest BCUT2D eigenvalue weighted by Gasteiger charge is 2.13. The van der Waals surface area contributed by atoms with Gasteiger partial charge in [0.25, 0.3) is 11.6 Å². The maximum absolute atomic E-state index is 12.6. The average Bonchev–Trinajstić information content (AvgIpc) is 3.02. The van der Waals surface area contributed by atoms with Crippen LogP contribution in [0.25, 0.3) is 10.2 Å². The minimum Gasteiger partial charge on any atom is -0.383 e. The summed E-state index contributed by atoms with van der Waals surface area (Å²) in [6.45, 7) is 5.20. The minimum atomic E-state index is -0.429. The number of nitrogens with zero attached hydrogens (tertiary/aromatic N) is 3. The van der Waals surface area contributed by atoms with Crippen LogP contribution in [-0.4, -0.2) is 29.1 Å². The van der Waals surface area contributed by atoms with E-state index < -0.39 is 4.92 Å². The first-order chi connectivity index (χ1) is 13.9. The Kier molecular flexibility index (Phi) is 6.56. The lowest BCUT2D eigenvalue weighted by Gasteiger charge is -2.06. The lowest BCUT2D eigenvalue weighted by molar-refractivity contribution is -0.384. The number of carbonyl (C=O) groups is 1. The average molecular weight is 413 g/mol. The molecule has 0 bridgehead atoms. The molecule has 0 saturated heterocycles. The zero-order chi connectivity index (χ0) is 21.0. The van der Waals surface area contributed by atoms with Crippen LogP contribution in [0.1, 0.15) is 30.9 Å². The number of carbonyl (C=O) groups excluding carboxylic acids is 1. The molecular formula is C21H23N3O4S. The molecule has 3 aromatic rings. The lowest BCUT2D eigenvalue weighted by Crippen LogP contribution is -2.19. The summed E-state index contributed by atoms with van der Waals surface area (Å²) in [7, 11) is 1.60. The topological polar surface area (TPSA) is 86.7 Å². The van der Waals surface area contributed by atoms with E-state index in [4.69, 9.17) is 4.74 Å². The number of thiazole rings is 1. The second-order valence-corrected chi connectivity index (χ2v) is 8.03. The SMILES string of the molecule is COCCn1c(=NC(=O)Cc2ccc(C(C)C)cc2)sc2cc([N+](=O)[O-])ccc21. The number of fused-ring (bicyclic) bond motifs is 1. The van der Waals surface area contributed by atoms with Crippen molar-refractivity contribution in [2.24, 2.45) is 4.99 Å². The van der Waals surface area contributed by atoms with Gasteiger partial charge in [-0.2, -0.15) is 4.99 Å². The number of benzene rings is 2. The third-order valence-corrected chi connectivity index (χ3v) is 5.66. The molecule has 0 unspecified atom stereocenters. The van der Waals surface area contributed by atoms with Crippen molar-refractivity contribution in [1.29, 1.82) is 0 Å². The molecule has 0 aliphatic heterocycles. The van der Waals surface area contributed by atoms with Crippen LogP contribution in [0.15, 0.2) is 47.5 Å². The number of non-ortho nitro benzene ring substituents is 1. The first kappa shape index (κ1) is 20.9. The number of aromatic nitrogens is 1. The second kappa shape index (κ2) is 9.11. The molecule has 0 radical (unpaired) electrons. The highest BCUT2D eigenvalue weighted by atomic mass is 32.1. The van der Waals surface area contributed by atoms with Gasteiger partial charge in [-0.3, -0.25) is 14.9 Å². The molecule has 0 saturated carbocycles. The van der Waals surface area contributed by atoms with Crippen LogP contribution in [-0.2, 0) is 22.5 Å². The fourth-order valence-corrected chi connectivity index (χ4v) is 4.11. The van der Waals surface area contributed by atoms with Gasteiger partial charge < -0.3 is 9.30 Å². The highest BCUT2D eigenvalue weighted by molar-refractivity contribution is 7.16. The molecule has 0 N–H and O–H groups in total. The van der Waals surface area contributed by atoms with Gasteiger partial charge in [-0.05, 0) is 23.1 Å². The summed E-state index contributed by atoms with van der Waals surface area (Å²) in [4.78, 5) is 28.0. The summed E-state index contributed by atoms with van der Waals surface area (Å²) in [6, 6.07) is 12.6. The van der Waals surface area contributed by atoms with Crippen molar-refractivity contribution in [1.82, 2.24) is 4.57 Å². The number of nitro benzene ring substituents is 1. The Labute approximate surface area is 172 Å². The third kappa shape index (κ3) is 4.96. The fraction of sp³-hybridized carbons (Fsp3) is 0.333. The highest BCUT2D eigenvalue weighted by Crippen LogP contribution is 2.23. The number of hydrogen-bond acceptors (Lipinski definition) is 5. The molecule has 0 aliphatic carbocycles. The zero-order valence-corrected chi connectivity index (χ0v) is 17.4. The molecule has 0 atom stereocenters. The summed E-state index contributed by atoms with van der Waals surface area (Å²) in [5, 5.41) is 11.1. The largest absolute Gasteiger partial charge is 0.383 e. The Morgan fingerprint density at radius 3 is 2.59 bits per heavy atom. The summed E-state index contributed by atoms with van der Waals surface area (Å²) in [5.41, 5.74) is 2.94. The molecule has 0 aliphatic rings. The van der Waals surface area contributed by atoms with Crippen LogP contribution in [0.4, 0.5) is 5.69 Å². The van der Waals surface area contributed by atoms with E-state index in [1.807, 2.05) is 28.8 Å². The number of methoxy groups -OCH3 is 1. The molecule has 29 heavy (non-hydrogen) atoms. The molecule has 0 spiro atoms. The standard InChI is InChI=1S/C21H23N3O4S/c1-14(2)16-6-4-15(5-7-16)12-20(25)22-21-23(10-11-28-3)18-9-8-17(24(26)27)13-19(18)29-21/h4-9,13-14H,10-12H2,1-3H3. The Balaban J connectivity index is 1.94. The quantitative estimate of drug-likeness (QED) is 0.432. The van der Waals surface area contributed by atoms with E-state index in [1.165, 1.54) is 29.0 Å². The van der Waals surface area contributed by atoms with Crippen molar-refractivity contribution in [2.45, 2.75) is 32.7 Å². The smallest absolute Gasteiger partial charge is 0.270 e. The molecule has 1 heterocycles. The molecule has 8 heteroatoms. The van der Waals surface area contributed by atoms with Gasteiger partial charge >= 0.3 is 0 Å². The Morgan fingerprint density at radius 1 is 1.24 bits per heavy atom. The first-order valence-electron chi connectivity index (χ1n) is 9.32. The Morgan fingerprint density at radius 2 is 1.97 bits per heavy atom. The van der Waals surface area contributed by atoms with Gasteiger partial charge in [-0.1, -0.05) is 49.4 Å². The van der Waals surface area contributed by atoms with Crippen molar-refractivity contribution >= 4 is 33.1 Å². The van der Waals surface area contributed by atoms with Crippen LogP contribution >= 0.6 is 11.3 Å². The van der Waals surface area contributed by atoms with Crippen molar-refractivity contribution in [3.8, 4) is 0 Å². The Bertz CT molecular complexity index is 1100. The van der Waals surface area contributed by atoms with Gasteiger partial charge in [-0.15, -0.1) is 0 Å². The molecule has 2 aromatic carbocycles. The van der Waals surface area contributed by atoms with Crippen molar-refractivity contribution in [3.63, 3.8) is 0 Å². The molecular weight excluding hydrogens is 390 g/mol. The van der Waals surface area contributed by atoms with E-state index in [9.17, 15) is 14.9 Å². The van der Waals surface area contributed by atoms with Gasteiger partial charge in [0.05, 0.1) is 28.2 Å². The van der Waals surface area contributed by atoms with E-state index in [0.717, 1.165) is 11.1 Å². The van der Waals surface area contributed by atoms with E-state index in [1.54, 1.807) is 13.2 Å². The molecule has 1 amide bonds. The number of rotatable bonds is 7. The number of nitro groups is 1. The summed E-state index contributed by atoms with van der Waals surface area (Å²) in [6.07, 6.45) is 0.205. The van der Waals surface area contributed by atoms with E-state index in [2.05, 4.69) is 18.8 Å². The lowest BCUT2D eigenvalue weighted by atomic mass is 10.0. The molecule has 3 rings (SSSR count). The predicted octanol–water partition coefficient (Wildman–Crippen LogP) is 4.05. The van der Waals surface area contributed by atoms with Gasteiger partial charge in [0.15, 0.2) is 4.80 Å². The summed E-state index contributed by atoms with van der Waals surface area (Å²) in [5.74, 6) is 0.182. The first-order valence-corrected chi connectivity index (χ1v) is 10.1. The van der Waals surface area contributed by atoms with Crippen molar-refractivity contribution in [3.05, 3.63) is 68.5 Å². The van der Waals surface area contributed by atoms with Crippen LogP contribution < -0.4 is 4.80 Å². The molecule has 7 nitrogen and oxygen atoms in total. The predicted molar refractivity (Wildman–Crippen MR) is 113 cm³/mol. The fourth-order valence-electron chi connectivity index (χ4n) is 3.00. The van der Waals surface area contributed by atoms with Gasteiger partial charge in [0.2, 0.25) is 0 Å². The number of ether oxygens (including phenoxy) is 1. The van der Waals surface area contributed by atoms with Crippen LogP contribution in [0, 0.1) is 10.1 Å². The Hall–Kier alpha value is -2.84. The number of hydrogen-bond donors (Lipinski definition) is 0. The second-order valence-electron chi connectivity index (χ2n) is 7.02. The zero-order valence-electron chi connectivity index (χ0n) is 16.6. The monoisotopic (exact) mass is 413 g/mol. The van der Waals surface area contributed by atoms with Crippen LogP contribution in [0.2, 0.25) is 0 Å². The minimum absolute atomic E-state index is 0.0146. The third-order valence-electron chi connectivity index (χ3n) is 4.62. The molecule has 152 valence electrons. The van der Waals surface area contributed by atoms with Gasteiger partial charge in [0, 0.05) is 25.8 Å². The van der Waals surface area contributed by atoms with E-state index in [-0.39, 0.29) is 18.0 Å². The van der Waals surface area contributed by atoms with E-state index >= 15 is 0 Å². The van der Waals surface area contributed by atoms with Gasteiger partial charge in [0.1, 0.15) is 0 Å². The van der Waals surface area contributed by atoms with Gasteiger partial charge in [-0.25, -0.2) is 0 Å². The van der Waals surface area contributed by atoms with Crippen molar-refractivity contribution < 1.29 is 14.5 Å². The normalized spacial score (nSPS) is 12.1.